The lowest BCUT2D eigenvalue weighted by atomic mass is 9.98. The fourth-order valence-electron chi connectivity index (χ4n) is 6.90. The molecule has 2 aliphatic heterocycles. The first-order valence-corrected chi connectivity index (χ1v) is 19.6. The van der Waals surface area contributed by atoms with Crippen molar-refractivity contribution >= 4 is 35.5 Å². The largest absolute Gasteiger partial charge is 0.480 e. The summed E-state index contributed by atoms with van der Waals surface area (Å²) >= 11 is 0. The molecule has 2 heterocycles. The van der Waals surface area contributed by atoms with E-state index in [0.29, 0.717) is 23.1 Å². The molecule has 0 saturated heterocycles. The summed E-state index contributed by atoms with van der Waals surface area (Å²) in [4.78, 5) is 81.4. The number of aliphatic carboxylic acids is 1. The third-order valence-corrected chi connectivity index (χ3v) is 10.2. The molecule has 0 aromatic heterocycles. The summed E-state index contributed by atoms with van der Waals surface area (Å²) in [5.41, 5.74) is 5.17. The third-order valence-electron chi connectivity index (χ3n) is 10.2. The van der Waals surface area contributed by atoms with E-state index in [1.807, 2.05) is 91.0 Å². The molecule has 302 valence electrons. The molecular formula is C47H47N5O7. The van der Waals surface area contributed by atoms with Gasteiger partial charge in [0.1, 0.15) is 24.2 Å². The highest BCUT2D eigenvalue weighted by Crippen LogP contribution is 2.20. The fourth-order valence-corrected chi connectivity index (χ4v) is 6.90. The number of aryl methyl sites for hydroxylation is 1. The minimum absolute atomic E-state index is 0.0145. The van der Waals surface area contributed by atoms with E-state index in [1.165, 1.54) is 12.1 Å². The Morgan fingerprint density at radius 3 is 1.61 bits per heavy atom. The van der Waals surface area contributed by atoms with Crippen molar-refractivity contribution in [2.24, 2.45) is 0 Å². The van der Waals surface area contributed by atoms with Gasteiger partial charge in [-0.05, 0) is 58.4 Å². The van der Waals surface area contributed by atoms with Crippen LogP contribution in [0, 0.1) is 0 Å². The van der Waals surface area contributed by atoms with Crippen LogP contribution in [0.3, 0.4) is 0 Å². The maximum atomic E-state index is 14.4. The molecule has 2 bridgehead atoms. The van der Waals surface area contributed by atoms with Gasteiger partial charge in [-0.3, -0.25) is 24.0 Å². The van der Waals surface area contributed by atoms with E-state index in [9.17, 15) is 33.9 Å². The Kier molecular flexibility index (Phi) is 14.3. The first-order chi connectivity index (χ1) is 28.6. The summed E-state index contributed by atoms with van der Waals surface area (Å²) < 4.78 is 0. The molecule has 59 heavy (non-hydrogen) atoms. The standard InChI is InChI=1S/C47H47N5O7/c53-42-26-27-48-43(54)37-23-18-34(19-24-37)30-41(47(58)59)52-46(57)39(28-32-12-6-2-7-13-32)51-45(56)40(29-33-16-21-36(22-17-33)35-14-8-3-9-15-35)50-44(55)38(49-42)25-20-31-10-4-1-5-11-31/h1-19,21-24,38-41H,20,25-30H2,(H,48,54)(H,49,53)(H,50,55)(H,51,56)(H,52,57)(H,58,59)/t38-,39-,40-,41-/m0/s1. The molecule has 7 rings (SSSR count). The minimum atomic E-state index is -1.37. The lowest BCUT2D eigenvalue weighted by Gasteiger charge is -2.26. The molecule has 0 radical (unpaired) electrons. The zero-order chi connectivity index (χ0) is 41.6. The monoisotopic (exact) mass is 793 g/mol. The zero-order valence-electron chi connectivity index (χ0n) is 32.4. The lowest BCUT2D eigenvalue weighted by Crippen LogP contribution is -2.59. The Bertz CT molecular complexity index is 2220. The molecule has 0 saturated carbocycles. The van der Waals surface area contributed by atoms with Crippen LogP contribution in [0.1, 0.15) is 45.5 Å². The molecular weight excluding hydrogens is 747 g/mol. The van der Waals surface area contributed by atoms with Gasteiger partial charge in [0.25, 0.3) is 5.91 Å². The first-order valence-electron chi connectivity index (χ1n) is 19.6. The van der Waals surface area contributed by atoms with Crippen LogP contribution in [-0.2, 0) is 49.7 Å². The number of carbonyl (C=O) groups excluding carboxylic acids is 5. The molecule has 2 aliphatic rings. The number of fused-ring (bicyclic) bond motifs is 18. The summed E-state index contributed by atoms with van der Waals surface area (Å²) in [7, 11) is 0. The minimum Gasteiger partial charge on any atom is -0.480 e. The Balaban J connectivity index is 1.33. The van der Waals surface area contributed by atoms with E-state index in [1.54, 1.807) is 36.4 Å². The third kappa shape index (κ3) is 12.2. The second kappa shape index (κ2) is 20.4. The quantitative estimate of drug-likeness (QED) is 0.121. The average Bonchev–Trinajstić information content (AvgIpc) is 3.25. The number of carboxylic acid groups (broad SMARTS) is 1. The van der Waals surface area contributed by atoms with Gasteiger partial charge in [-0.2, -0.15) is 0 Å². The number of nitrogens with one attached hydrogen (secondary N) is 5. The highest BCUT2D eigenvalue weighted by molar-refractivity contribution is 5.96. The van der Waals surface area contributed by atoms with Crippen LogP contribution >= 0.6 is 0 Å². The van der Waals surface area contributed by atoms with Crippen molar-refractivity contribution in [1.29, 1.82) is 0 Å². The van der Waals surface area contributed by atoms with E-state index in [0.717, 1.165) is 22.3 Å². The van der Waals surface area contributed by atoms with Crippen molar-refractivity contribution in [3.05, 3.63) is 167 Å². The number of hydrogen-bond acceptors (Lipinski definition) is 6. The van der Waals surface area contributed by atoms with Crippen LogP contribution < -0.4 is 26.6 Å². The first kappa shape index (κ1) is 41.6. The molecule has 5 aromatic carbocycles. The Morgan fingerprint density at radius 2 is 1.02 bits per heavy atom. The topological polar surface area (TPSA) is 183 Å². The van der Waals surface area contributed by atoms with Gasteiger partial charge in [0.2, 0.25) is 23.6 Å². The van der Waals surface area contributed by atoms with E-state index in [-0.39, 0.29) is 38.6 Å². The molecule has 0 aliphatic carbocycles. The molecule has 0 unspecified atom stereocenters. The van der Waals surface area contributed by atoms with Crippen LogP contribution in [0.5, 0.6) is 0 Å². The van der Waals surface area contributed by atoms with E-state index >= 15 is 0 Å². The lowest BCUT2D eigenvalue weighted by molar-refractivity contribution is -0.142. The van der Waals surface area contributed by atoms with Gasteiger partial charge in [-0.15, -0.1) is 0 Å². The fraction of sp³-hybridized carbons (Fsp3) is 0.234. The molecule has 0 spiro atoms. The van der Waals surface area contributed by atoms with Gasteiger partial charge >= 0.3 is 5.97 Å². The molecule has 0 fully saturated rings. The predicted molar refractivity (Wildman–Crippen MR) is 223 cm³/mol. The van der Waals surface area contributed by atoms with Gasteiger partial charge in [-0.1, -0.05) is 127 Å². The Hall–Kier alpha value is -7.08. The smallest absolute Gasteiger partial charge is 0.326 e. The van der Waals surface area contributed by atoms with Gasteiger partial charge in [0, 0.05) is 37.8 Å². The molecule has 12 nitrogen and oxygen atoms in total. The molecule has 5 amide bonds. The molecule has 5 aromatic rings. The molecule has 4 atom stereocenters. The molecule has 6 N–H and O–H groups in total. The number of hydrogen-bond donors (Lipinski definition) is 6. The normalized spacial score (nSPS) is 19.6. The van der Waals surface area contributed by atoms with Crippen molar-refractivity contribution in [3.63, 3.8) is 0 Å². The van der Waals surface area contributed by atoms with Crippen LogP contribution in [0.4, 0.5) is 0 Å². The van der Waals surface area contributed by atoms with Crippen molar-refractivity contribution in [2.75, 3.05) is 6.54 Å². The van der Waals surface area contributed by atoms with E-state index in [2.05, 4.69) is 26.6 Å². The second-order valence-corrected chi connectivity index (χ2v) is 14.5. The maximum absolute atomic E-state index is 14.4. The van der Waals surface area contributed by atoms with Crippen molar-refractivity contribution < 1.29 is 33.9 Å². The summed E-state index contributed by atoms with van der Waals surface area (Å²) in [6.07, 6.45) is 0.481. The molecule has 12 heteroatoms. The summed E-state index contributed by atoms with van der Waals surface area (Å²) in [5.74, 6) is -4.22. The number of benzene rings is 5. The number of rotatable bonds is 9. The van der Waals surface area contributed by atoms with Crippen LogP contribution in [0.2, 0.25) is 0 Å². The Labute approximate surface area is 342 Å². The van der Waals surface area contributed by atoms with Gasteiger partial charge in [-0.25, -0.2) is 4.79 Å². The van der Waals surface area contributed by atoms with E-state index < -0.39 is 59.7 Å². The highest BCUT2D eigenvalue weighted by Gasteiger charge is 2.32. The second-order valence-electron chi connectivity index (χ2n) is 14.5. The Morgan fingerprint density at radius 1 is 0.525 bits per heavy atom. The van der Waals surface area contributed by atoms with Crippen molar-refractivity contribution in [2.45, 2.75) is 62.7 Å². The van der Waals surface area contributed by atoms with Gasteiger partial charge < -0.3 is 31.7 Å². The van der Waals surface area contributed by atoms with Crippen LogP contribution in [0.15, 0.2) is 140 Å². The van der Waals surface area contributed by atoms with Crippen molar-refractivity contribution in [1.82, 2.24) is 26.6 Å². The average molecular weight is 794 g/mol. The predicted octanol–water partition coefficient (Wildman–Crippen LogP) is 4.17. The summed E-state index contributed by atoms with van der Waals surface area (Å²) in [6, 6.07) is 37.2. The summed E-state index contributed by atoms with van der Waals surface area (Å²) in [5, 5.41) is 24.0. The van der Waals surface area contributed by atoms with Crippen molar-refractivity contribution in [3.8, 4) is 11.1 Å². The summed E-state index contributed by atoms with van der Waals surface area (Å²) in [6.45, 7) is -0.0145. The van der Waals surface area contributed by atoms with Crippen LogP contribution in [-0.4, -0.2) is 71.3 Å². The van der Waals surface area contributed by atoms with E-state index in [4.69, 9.17) is 0 Å². The van der Waals surface area contributed by atoms with Gasteiger partial charge in [0.15, 0.2) is 0 Å². The maximum Gasteiger partial charge on any atom is 0.326 e. The SMILES string of the molecule is O=C1CCNC(=O)c2ccc(cc2)C[C@@H](C(=O)O)NC(=O)[C@H](Cc2ccccc2)NC(=O)[C@H](Cc2ccc(-c3ccccc3)cc2)NC(=O)[C@H](CCc2ccccc2)N1. The number of amides is 5. The number of carbonyl (C=O) groups is 6. The number of carboxylic acids is 1. The zero-order valence-corrected chi connectivity index (χ0v) is 32.4. The van der Waals surface area contributed by atoms with Gasteiger partial charge in [0.05, 0.1) is 0 Å². The highest BCUT2D eigenvalue weighted by atomic mass is 16.4. The van der Waals surface area contributed by atoms with Crippen LogP contribution in [0.25, 0.3) is 11.1 Å².